The van der Waals surface area contributed by atoms with Crippen molar-refractivity contribution in [2.75, 3.05) is 20.2 Å². The molecular formula is C26H47N3O4. The number of amides is 2. The fourth-order valence-electron chi connectivity index (χ4n) is 4.49. The van der Waals surface area contributed by atoms with Crippen molar-refractivity contribution in [3.8, 4) is 0 Å². The van der Waals surface area contributed by atoms with Gasteiger partial charge in [0, 0.05) is 25.2 Å². The summed E-state index contributed by atoms with van der Waals surface area (Å²) in [5.41, 5.74) is 0.476. The van der Waals surface area contributed by atoms with E-state index in [9.17, 15) is 14.4 Å². The van der Waals surface area contributed by atoms with Gasteiger partial charge in [0.05, 0.1) is 18.7 Å². The van der Waals surface area contributed by atoms with Gasteiger partial charge >= 0.3 is 5.97 Å². The molecule has 7 nitrogen and oxygen atoms in total. The van der Waals surface area contributed by atoms with Gasteiger partial charge < -0.3 is 15.0 Å². The number of likely N-dealkylation sites (tertiary alicyclic amines) is 1. The van der Waals surface area contributed by atoms with E-state index >= 15 is 0 Å². The molecule has 4 unspecified atom stereocenters. The van der Waals surface area contributed by atoms with E-state index in [1.807, 2.05) is 27.7 Å². The van der Waals surface area contributed by atoms with Crippen LogP contribution in [0.15, 0.2) is 11.6 Å². The lowest BCUT2D eigenvalue weighted by Crippen LogP contribution is -2.59. The van der Waals surface area contributed by atoms with Crippen LogP contribution in [-0.4, -0.2) is 72.0 Å². The van der Waals surface area contributed by atoms with Crippen molar-refractivity contribution in [3.05, 3.63) is 11.6 Å². The van der Waals surface area contributed by atoms with Crippen molar-refractivity contribution in [2.45, 2.75) is 99.3 Å². The molecule has 1 fully saturated rings. The smallest absolute Gasteiger partial charge is 0.333 e. The number of hydrogen-bond acceptors (Lipinski definition) is 5. The topological polar surface area (TPSA) is 79.0 Å². The van der Waals surface area contributed by atoms with E-state index in [1.165, 1.54) is 0 Å². The first kappa shape index (κ1) is 29.1. The van der Waals surface area contributed by atoms with Crippen molar-refractivity contribution in [2.24, 2.45) is 17.8 Å². The predicted octanol–water partition coefficient (Wildman–Crippen LogP) is 3.63. The van der Waals surface area contributed by atoms with Crippen LogP contribution in [0.2, 0.25) is 0 Å². The summed E-state index contributed by atoms with van der Waals surface area (Å²) < 4.78 is 5.09. The summed E-state index contributed by atoms with van der Waals surface area (Å²) in [6.07, 6.45) is 3.60. The van der Waals surface area contributed by atoms with Crippen molar-refractivity contribution in [1.29, 1.82) is 0 Å². The summed E-state index contributed by atoms with van der Waals surface area (Å²) in [5.74, 6) is -0.0186. The van der Waals surface area contributed by atoms with Gasteiger partial charge in [-0.3, -0.25) is 14.5 Å². The van der Waals surface area contributed by atoms with Crippen LogP contribution in [-0.2, 0) is 19.1 Å². The second kappa shape index (κ2) is 13.1. The molecule has 1 rings (SSSR count). The van der Waals surface area contributed by atoms with Gasteiger partial charge in [-0.2, -0.15) is 0 Å². The predicted molar refractivity (Wildman–Crippen MR) is 133 cm³/mol. The SMILES string of the molecule is CCOC(=O)/C(C)=C/C(C(C)C)N(C)C(=O)C(NC(=O)C1CCC(C)CN1C(C)C)C(C)C. The maximum Gasteiger partial charge on any atom is 0.333 e. The molecule has 1 aliphatic heterocycles. The van der Waals surface area contributed by atoms with E-state index in [4.69, 9.17) is 4.74 Å². The molecule has 1 saturated heterocycles. The number of carbonyl (C=O) groups excluding carboxylic acids is 3. The highest BCUT2D eigenvalue weighted by Crippen LogP contribution is 2.24. The van der Waals surface area contributed by atoms with Crippen LogP contribution < -0.4 is 5.32 Å². The fraction of sp³-hybridized carbons (Fsp3) is 0.808. The Morgan fingerprint density at radius 1 is 1.09 bits per heavy atom. The average molecular weight is 466 g/mol. The number of hydrogen-bond donors (Lipinski definition) is 1. The van der Waals surface area contributed by atoms with E-state index in [-0.39, 0.29) is 47.7 Å². The van der Waals surface area contributed by atoms with Crippen LogP contribution in [0.1, 0.15) is 75.2 Å². The van der Waals surface area contributed by atoms with Gasteiger partial charge in [-0.1, -0.05) is 40.7 Å². The number of piperidine rings is 1. The first-order chi connectivity index (χ1) is 15.3. The van der Waals surface area contributed by atoms with Gasteiger partial charge in [-0.05, 0) is 58.3 Å². The zero-order chi connectivity index (χ0) is 25.5. The van der Waals surface area contributed by atoms with Gasteiger partial charge in [-0.15, -0.1) is 0 Å². The summed E-state index contributed by atoms with van der Waals surface area (Å²) in [6, 6.07) is -0.871. The van der Waals surface area contributed by atoms with Crippen LogP contribution in [0.4, 0.5) is 0 Å². The van der Waals surface area contributed by atoms with E-state index in [0.29, 0.717) is 18.1 Å². The molecule has 7 heteroatoms. The first-order valence-electron chi connectivity index (χ1n) is 12.5. The number of likely N-dealkylation sites (N-methyl/N-ethyl adjacent to an activating group) is 1. The molecule has 2 amide bonds. The summed E-state index contributed by atoms with van der Waals surface area (Å²) in [5, 5.41) is 3.07. The Kier molecular flexibility index (Phi) is 11.6. The fourth-order valence-corrected chi connectivity index (χ4v) is 4.49. The molecule has 1 N–H and O–H groups in total. The molecule has 0 aromatic heterocycles. The Morgan fingerprint density at radius 2 is 1.70 bits per heavy atom. The van der Waals surface area contributed by atoms with Gasteiger partial charge in [0.25, 0.3) is 0 Å². The zero-order valence-electron chi connectivity index (χ0n) is 22.5. The Labute approximate surface area is 201 Å². The molecule has 0 bridgehead atoms. The third-order valence-corrected chi connectivity index (χ3v) is 6.55. The minimum Gasteiger partial charge on any atom is -0.463 e. The number of ether oxygens (including phenoxy) is 1. The van der Waals surface area contributed by atoms with Crippen molar-refractivity contribution in [1.82, 2.24) is 15.1 Å². The molecule has 0 aromatic rings. The van der Waals surface area contributed by atoms with E-state index in [1.54, 1.807) is 31.9 Å². The highest BCUT2D eigenvalue weighted by Gasteiger charge is 2.37. The number of esters is 1. The minimum atomic E-state index is -0.631. The Hall–Kier alpha value is -1.89. The first-order valence-corrected chi connectivity index (χ1v) is 12.5. The highest BCUT2D eigenvalue weighted by atomic mass is 16.5. The summed E-state index contributed by atoms with van der Waals surface area (Å²) in [6.45, 7) is 19.0. The highest BCUT2D eigenvalue weighted by molar-refractivity contribution is 5.91. The second-order valence-electron chi connectivity index (χ2n) is 10.5. The molecular weight excluding hydrogens is 418 g/mol. The summed E-state index contributed by atoms with van der Waals surface area (Å²) in [7, 11) is 1.74. The molecule has 0 spiro atoms. The number of nitrogens with one attached hydrogen (secondary N) is 1. The van der Waals surface area contributed by atoms with E-state index in [0.717, 1.165) is 19.4 Å². The van der Waals surface area contributed by atoms with Crippen LogP contribution >= 0.6 is 0 Å². The molecule has 1 aliphatic rings. The molecule has 0 radical (unpaired) electrons. The maximum absolute atomic E-state index is 13.5. The van der Waals surface area contributed by atoms with Gasteiger partial charge in [-0.25, -0.2) is 4.79 Å². The molecule has 0 saturated carbocycles. The summed E-state index contributed by atoms with van der Waals surface area (Å²) >= 11 is 0. The lowest BCUT2D eigenvalue weighted by molar-refractivity contribution is -0.140. The number of rotatable bonds is 10. The van der Waals surface area contributed by atoms with Gasteiger partial charge in [0.15, 0.2) is 0 Å². The second-order valence-corrected chi connectivity index (χ2v) is 10.5. The molecule has 1 heterocycles. The Balaban J connectivity index is 3.07. The normalized spacial score (nSPS) is 21.8. The van der Waals surface area contributed by atoms with Crippen molar-refractivity contribution in [3.63, 3.8) is 0 Å². The van der Waals surface area contributed by atoms with Crippen LogP contribution in [0.3, 0.4) is 0 Å². The van der Waals surface area contributed by atoms with Crippen LogP contribution in [0.5, 0.6) is 0 Å². The number of carbonyl (C=O) groups is 3. The number of nitrogens with zero attached hydrogens (tertiary/aromatic N) is 2. The molecule has 0 aliphatic carbocycles. The van der Waals surface area contributed by atoms with Crippen LogP contribution in [0, 0.1) is 17.8 Å². The Morgan fingerprint density at radius 3 is 2.18 bits per heavy atom. The van der Waals surface area contributed by atoms with E-state index in [2.05, 4.69) is 31.0 Å². The third kappa shape index (κ3) is 8.13. The lowest BCUT2D eigenvalue weighted by atomic mass is 9.91. The minimum absolute atomic E-state index is 0.0677. The monoisotopic (exact) mass is 465 g/mol. The Bertz CT molecular complexity index is 702. The van der Waals surface area contributed by atoms with E-state index < -0.39 is 6.04 Å². The average Bonchev–Trinajstić information content (AvgIpc) is 2.73. The van der Waals surface area contributed by atoms with Crippen molar-refractivity contribution < 1.29 is 19.1 Å². The third-order valence-electron chi connectivity index (χ3n) is 6.55. The van der Waals surface area contributed by atoms with Crippen LogP contribution in [0.25, 0.3) is 0 Å². The standard InChI is InChI=1S/C26H47N3O4/c1-11-33-26(32)20(9)14-22(16(2)3)28(10)25(31)23(17(4)5)27-24(30)21-13-12-19(8)15-29(21)18(6)7/h14,16-19,21-23H,11-13,15H2,1-10H3,(H,27,30)/b20-14+. The molecule has 4 atom stereocenters. The summed E-state index contributed by atoms with van der Waals surface area (Å²) in [4.78, 5) is 42.9. The molecule has 190 valence electrons. The zero-order valence-corrected chi connectivity index (χ0v) is 22.5. The molecule has 0 aromatic carbocycles. The molecule has 33 heavy (non-hydrogen) atoms. The lowest BCUT2D eigenvalue weighted by Gasteiger charge is -2.41. The largest absolute Gasteiger partial charge is 0.463 e. The van der Waals surface area contributed by atoms with Crippen molar-refractivity contribution >= 4 is 17.8 Å². The van der Waals surface area contributed by atoms with Gasteiger partial charge in [0.2, 0.25) is 11.8 Å². The quantitative estimate of drug-likeness (QED) is 0.394. The van der Waals surface area contributed by atoms with Gasteiger partial charge in [0.1, 0.15) is 6.04 Å². The maximum atomic E-state index is 13.5.